The molecule has 0 spiro atoms. The first-order valence-electron chi connectivity index (χ1n) is 14.4. The summed E-state index contributed by atoms with van der Waals surface area (Å²) in [7, 11) is -7.46. The molecule has 0 aliphatic carbocycles. The lowest BCUT2D eigenvalue weighted by molar-refractivity contribution is 0.431. The van der Waals surface area contributed by atoms with Gasteiger partial charge in [-0.05, 0) is 75.8 Å². The summed E-state index contributed by atoms with van der Waals surface area (Å²) < 4.78 is 29.2. The third-order valence-electron chi connectivity index (χ3n) is 8.50. The van der Waals surface area contributed by atoms with E-state index in [0.717, 1.165) is 34.3 Å². The van der Waals surface area contributed by atoms with Crippen molar-refractivity contribution >= 4 is 31.4 Å². The van der Waals surface area contributed by atoms with Crippen LogP contribution in [0.15, 0.2) is 89.8 Å². The highest BCUT2D eigenvalue weighted by Crippen LogP contribution is 2.39. The molecule has 0 N–H and O–H groups in total. The summed E-state index contributed by atoms with van der Waals surface area (Å²) in [5, 5.41) is 1.40. The molecule has 0 amide bonds. The van der Waals surface area contributed by atoms with Crippen molar-refractivity contribution in [3.8, 4) is 22.6 Å². The Morgan fingerprint density at radius 1 is 0.854 bits per heavy atom. The van der Waals surface area contributed by atoms with Gasteiger partial charge in [-0.1, -0.05) is 104 Å². The second-order valence-corrected chi connectivity index (χ2v) is 23.8. The van der Waals surface area contributed by atoms with Crippen molar-refractivity contribution in [1.29, 1.82) is 0 Å². The van der Waals surface area contributed by atoms with Crippen molar-refractivity contribution in [2.45, 2.75) is 63.2 Å². The minimum atomic E-state index is -3.63. The van der Waals surface area contributed by atoms with Crippen LogP contribution in [0.5, 0.6) is 0 Å². The van der Waals surface area contributed by atoms with Gasteiger partial charge in [0.1, 0.15) is 8.07 Å². The van der Waals surface area contributed by atoms with Crippen LogP contribution < -0.4 is 5.19 Å². The molecule has 6 rings (SSSR count). The van der Waals surface area contributed by atoms with Crippen molar-refractivity contribution in [2.24, 2.45) is 0 Å². The number of benzene rings is 4. The van der Waals surface area contributed by atoms with E-state index in [-0.39, 0.29) is 0 Å². The normalized spacial score (nSPS) is 15.8. The van der Waals surface area contributed by atoms with Gasteiger partial charge >= 0.3 is 0 Å². The highest BCUT2D eigenvalue weighted by molar-refractivity contribution is 7.89. The van der Waals surface area contributed by atoms with Gasteiger partial charge in [-0.25, -0.2) is 8.42 Å². The van der Waals surface area contributed by atoms with Crippen LogP contribution in [0.3, 0.4) is 0 Å². The fourth-order valence-electron chi connectivity index (χ4n) is 6.49. The summed E-state index contributed by atoms with van der Waals surface area (Å²) in [6.45, 7) is 12.3. The smallest absolute Gasteiger partial charge is 0.207 e. The molecular formula is C35H37NO2SSi2. The van der Waals surface area contributed by atoms with E-state index in [1.54, 1.807) is 16.4 Å². The third kappa shape index (κ3) is 5.28. The average Bonchev–Trinajstić information content (AvgIpc) is 3.37. The third-order valence-corrected chi connectivity index (χ3v) is 15.5. The minimum Gasteiger partial charge on any atom is -0.207 e. The number of hydrogen-bond acceptors (Lipinski definition) is 2. The number of sulfonamides is 1. The van der Waals surface area contributed by atoms with Crippen LogP contribution in [-0.2, 0) is 35.2 Å². The van der Waals surface area contributed by atoms with Gasteiger partial charge in [0, 0.05) is 18.7 Å². The van der Waals surface area contributed by atoms with Crippen LogP contribution in [0, 0.1) is 18.4 Å². The van der Waals surface area contributed by atoms with Crippen molar-refractivity contribution in [1.82, 2.24) is 4.31 Å². The monoisotopic (exact) mass is 591 g/mol. The molecule has 41 heavy (non-hydrogen) atoms. The first kappa shape index (κ1) is 27.9. The second-order valence-electron chi connectivity index (χ2n) is 12.9. The van der Waals surface area contributed by atoms with Gasteiger partial charge in [0.2, 0.25) is 10.0 Å². The van der Waals surface area contributed by atoms with Gasteiger partial charge in [-0.2, -0.15) is 4.31 Å². The summed E-state index contributed by atoms with van der Waals surface area (Å²) in [6, 6.07) is 30.9. The van der Waals surface area contributed by atoms with E-state index in [4.69, 9.17) is 0 Å². The Bertz CT molecular complexity index is 1820. The zero-order valence-corrected chi connectivity index (χ0v) is 27.4. The number of aryl methyl sites for hydroxylation is 1. The van der Waals surface area contributed by atoms with Crippen molar-refractivity contribution in [3.63, 3.8) is 0 Å². The SMILES string of the molecule is Cc1ccc(S(=O)(=O)N2Cc3cc4c(c(C#C[Si](C)(C)Cc5ccccc5)c3C2)[Si](C)(C)Cc2ccccc2-4)cc1. The molecule has 2 aliphatic heterocycles. The van der Waals surface area contributed by atoms with Crippen LogP contribution in [-0.4, -0.2) is 28.9 Å². The molecule has 0 saturated heterocycles. The Labute approximate surface area is 247 Å². The Hall–Kier alpha value is -3.22. The summed E-state index contributed by atoms with van der Waals surface area (Å²) >= 11 is 0. The quantitative estimate of drug-likeness (QED) is 0.194. The molecule has 0 bridgehead atoms. The first-order valence-corrected chi connectivity index (χ1v) is 22.2. The molecule has 4 aromatic rings. The number of hydrogen-bond donors (Lipinski definition) is 0. The largest absolute Gasteiger partial charge is 0.243 e. The summed E-state index contributed by atoms with van der Waals surface area (Å²) in [4.78, 5) is 0.352. The topological polar surface area (TPSA) is 37.4 Å². The standard InChI is InChI=1S/C35H37NO2SSi2/c1-26-15-17-30(18-16-26)39(37,38)36-22-29-21-33-31-14-10-9-13-28(31)25-41(4,5)35(33)32(34(29)23-36)19-20-40(2,3)24-27-11-7-6-8-12-27/h6-18,21H,22-25H2,1-5H3. The van der Waals surface area contributed by atoms with Crippen LogP contribution in [0.2, 0.25) is 26.2 Å². The number of rotatable bonds is 4. The van der Waals surface area contributed by atoms with Crippen molar-refractivity contribution in [2.75, 3.05) is 0 Å². The zero-order valence-electron chi connectivity index (χ0n) is 24.6. The molecule has 0 saturated carbocycles. The first-order chi connectivity index (χ1) is 19.4. The van der Waals surface area contributed by atoms with E-state index >= 15 is 0 Å². The Morgan fingerprint density at radius 3 is 2.27 bits per heavy atom. The van der Waals surface area contributed by atoms with E-state index in [0.29, 0.717) is 18.0 Å². The Balaban J connectivity index is 1.50. The van der Waals surface area contributed by atoms with Crippen molar-refractivity contribution in [3.05, 3.63) is 118 Å². The maximum atomic E-state index is 13.8. The summed E-state index contributed by atoms with van der Waals surface area (Å²) in [5.41, 5.74) is 13.4. The lowest BCUT2D eigenvalue weighted by Gasteiger charge is -2.34. The molecule has 4 aromatic carbocycles. The lowest BCUT2D eigenvalue weighted by atomic mass is 9.93. The fraction of sp³-hybridized carbons (Fsp3) is 0.257. The minimum absolute atomic E-state index is 0.352. The van der Waals surface area contributed by atoms with Gasteiger partial charge < -0.3 is 0 Å². The highest BCUT2D eigenvalue weighted by atomic mass is 32.2. The Kier molecular flexibility index (Phi) is 6.98. The van der Waals surface area contributed by atoms with Gasteiger partial charge in [0.15, 0.2) is 0 Å². The van der Waals surface area contributed by atoms with Gasteiger partial charge in [-0.3, -0.25) is 0 Å². The average molecular weight is 592 g/mol. The highest BCUT2D eigenvalue weighted by Gasteiger charge is 2.40. The number of fused-ring (bicyclic) bond motifs is 4. The van der Waals surface area contributed by atoms with Gasteiger partial charge in [-0.15, -0.1) is 5.54 Å². The summed E-state index contributed by atoms with van der Waals surface area (Å²) in [6.07, 6.45) is 0. The molecule has 0 atom stereocenters. The molecular weight excluding hydrogens is 555 g/mol. The zero-order chi connectivity index (χ0) is 29.0. The van der Waals surface area contributed by atoms with Crippen LogP contribution in [0.4, 0.5) is 0 Å². The van der Waals surface area contributed by atoms with Gasteiger partial charge in [0.25, 0.3) is 0 Å². The maximum absolute atomic E-state index is 13.8. The predicted molar refractivity (Wildman–Crippen MR) is 175 cm³/mol. The molecule has 0 fully saturated rings. The van der Waals surface area contributed by atoms with E-state index in [1.165, 1.54) is 27.4 Å². The lowest BCUT2D eigenvalue weighted by Crippen LogP contribution is -2.49. The number of nitrogens with zero attached hydrogens (tertiary/aromatic N) is 1. The van der Waals surface area contributed by atoms with E-state index in [1.807, 2.05) is 19.1 Å². The summed E-state index contributed by atoms with van der Waals surface area (Å²) in [5.74, 6) is 3.76. The van der Waals surface area contributed by atoms with E-state index in [2.05, 4.69) is 98.3 Å². The fourth-order valence-corrected chi connectivity index (χ4v) is 12.9. The van der Waals surface area contributed by atoms with E-state index in [9.17, 15) is 8.42 Å². The molecule has 208 valence electrons. The molecule has 0 radical (unpaired) electrons. The van der Waals surface area contributed by atoms with Crippen molar-refractivity contribution < 1.29 is 8.42 Å². The molecule has 0 unspecified atom stereocenters. The predicted octanol–water partition coefficient (Wildman–Crippen LogP) is 6.76. The van der Waals surface area contributed by atoms with E-state index < -0.39 is 26.2 Å². The molecule has 2 aliphatic rings. The Morgan fingerprint density at radius 2 is 1.54 bits per heavy atom. The van der Waals surface area contributed by atoms with Crippen LogP contribution >= 0.6 is 0 Å². The maximum Gasteiger partial charge on any atom is 0.243 e. The molecule has 3 nitrogen and oxygen atoms in total. The van der Waals surface area contributed by atoms with Crippen LogP contribution in [0.25, 0.3) is 11.1 Å². The molecule has 0 aromatic heterocycles. The van der Waals surface area contributed by atoms with Crippen LogP contribution in [0.1, 0.15) is 33.4 Å². The molecule has 6 heteroatoms. The van der Waals surface area contributed by atoms with Gasteiger partial charge in [0.05, 0.1) is 13.0 Å². The molecule has 2 heterocycles. The second kappa shape index (κ2) is 10.3.